The molecule has 4 aliphatic heterocycles. The van der Waals surface area contributed by atoms with Gasteiger partial charge in [-0.15, -0.1) is 11.8 Å². The summed E-state index contributed by atoms with van der Waals surface area (Å²) in [5, 5.41) is 10.7. The van der Waals surface area contributed by atoms with Gasteiger partial charge in [0.15, 0.2) is 0 Å². The highest BCUT2D eigenvalue weighted by Gasteiger charge is 2.74. The number of nitrogens with zero attached hydrogens (tertiary/aromatic N) is 2. The maximum absolute atomic E-state index is 14.9. The number of aryl methyl sites for hydroxylation is 2. The summed E-state index contributed by atoms with van der Waals surface area (Å²) in [6.07, 6.45) is 9.57. The van der Waals surface area contributed by atoms with Crippen molar-refractivity contribution in [1.29, 1.82) is 0 Å². The number of carbonyl (C=O) groups is 3. The van der Waals surface area contributed by atoms with E-state index in [2.05, 4.69) is 6.08 Å². The molecule has 6 rings (SSSR count). The van der Waals surface area contributed by atoms with Crippen molar-refractivity contribution in [2.45, 2.75) is 55.2 Å². The molecule has 0 aliphatic carbocycles. The van der Waals surface area contributed by atoms with Gasteiger partial charge in [-0.05, 0) is 56.4 Å². The molecule has 41 heavy (non-hydrogen) atoms. The maximum atomic E-state index is 14.9. The Morgan fingerprint density at radius 1 is 1.02 bits per heavy atom. The van der Waals surface area contributed by atoms with Gasteiger partial charge in [0.2, 0.25) is 5.91 Å². The molecule has 0 aromatic heterocycles. The summed E-state index contributed by atoms with van der Waals surface area (Å²) in [6.45, 7) is 6.23. The molecule has 0 radical (unpaired) electrons. The standard InChI is InChI=1S/C33H36N2O5S/c1-21-13-14-22(2)24(19-21)34-17-10-16-33-26(27-31(39)40-18-9-5-8-15-32(27,3)41-33)29(37)35(28(33)30(34)38)25(20-36)23-11-6-4-7-12-23/h4,6-8,10-16,19,25-28,36H,5,9,17-18,20H2,1-3H3/b15-8-/t25-,26+,27-,28?,32+,33+/m1/s1. The van der Waals surface area contributed by atoms with Crippen molar-refractivity contribution in [2.75, 3.05) is 24.7 Å². The highest BCUT2D eigenvalue weighted by atomic mass is 32.2. The van der Waals surface area contributed by atoms with Crippen molar-refractivity contribution in [1.82, 2.24) is 4.90 Å². The van der Waals surface area contributed by atoms with E-state index in [0.29, 0.717) is 13.2 Å². The van der Waals surface area contributed by atoms with E-state index in [1.807, 2.05) is 87.5 Å². The van der Waals surface area contributed by atoms with Crippen molar-refractivity contribution in [2.24, 2.45) is 11.8 Å². The van der Waals surface area contributed by atoms with Crippen molar-refractivity contribution in [3.8, 4) is 0 Å². The molecule has 214 valence electrons. The van der Waals surface area contributed by atoms with E-state index in [9.17, 15) is 19.5 Å². The molecule has 8 heteroatoms. The van der Waals surface area contributed by atoms with Crippen LogP contribution in [0.1, 0.15) is 42.5 Å². The lowest BCUT2D eigenvalue weighted by Gasteiger charge is -2.40. The van der Waals surface area contributed by atoms with Crippen LogP contribution in [0.5, 0.6) is 0 Å². The number of aliphatic hydroxyl groups excluding tert-OH is 1. The normalized spacial score (nSPS) is 32.7. The van der Waals surface area contributed by atoms with E-state index < -0.39 is 39.4 Å². The van der Waals surface area contributed by atoms with Crippen LogP contribution >= 0.6 is 11.8 Å². The highest BCUT2D eigenvalue weighted by molar-refractivity contribution is 8.02. The quantitative estimate of drug-likeness (QED) is 0.428. The smallest absolute Gasteiger partial charge is 0.311 e. The summed E-state index contributed by atoms with van der Waals surface area (Å²) in [4.78, 5) is 46.7. The van der Waals surface area contributed by atoms with Gasteiger partial charge in [0.05, 0.1) is 35.8 Å². The van der Waals surface area contributed by atoms with Gasteiger partial charge in [-0.3, -0.25) is 14.4 Å². The molecule has 2 fully saturated rings. The Hall–Kier alpha value is -3.36. The zero-order chi connectivity index (χ0) is 28.9. The molecule has 1 unspecified atom stereocenters. The lowest BCUT2D eigenvalue weighted by Crippen LogP contribution is -2.54. The number of cyclic esters (lactones) is 1. The number of allylic oxidation sites excluding steroid dienone is 1. The van der Waals surface area contributed by atoms with Gasteiger partial charge in [0, 0.05) is 17.0 Å². The third-order valence-corrected chi connectivity index (χ3v) is 10.8. The van der Waals surface area contributed by atoms with E-state index in [1.165, 1.54) is 11.8 Å². The van der Waals surface area contributed by atoms with Crippen LogP contribution in [0.4, 0.5) is 5.69 Å². The predicted octanol–water partition coefficient (Wildman–Crippen LogP) is 4.52. The molecule has 7 nitrogen and oxygen atoms in total. The van der Waals surface area contributed by atoms with E-state index in [-0.39, 0.29) is 18.4 Å². The first kappa shape index (κ1) is 27.8. The molecule has 1 spiro atoms. The Morgan fingerprint density at radius 3 is 2.56 bits per heavy atom. The van der Waals surface area contributed by atoms with Gasteiger partial charge in [-0.2, -0.15) is 0 Å². The molecule has 0 bridgehead atoms. The average molecular weight is 573 g/mol. The molecule has 2 aromatic rings. The fourth-order valence-corrected chi connectivity index (χ4v) is 9.30. The number of aliphatic hydroxyl groups is 1. The van der Waals surface area contributed by atoms with Crippen molar-refractivity contribution in [3.05, 3.63) is 89.5 Å². The van der Waals surface area contributed by atoms with E-state index >= 15 is 0 Å². The van der Waals surface area contributed by atoms with Crippen LogP contribution in [-0.2, 0) is 19.1 Å². The number of fused-ring (bicyclic) bond motifs is 2. The predicted molar refractivity (Wildman–Crippen MR) is 159 cm³/mol. The van der Waals surface area contributed by atoms with Crippen molar-refractivity contribution < 1.29 is 24.2 Å². The number of thioether (sulfide) groups is 1. The number of benzene rings is 2. The Balaban J connectivity index is 1.55. The van der Waals surface area contributed by atoms with Crippen LogP contribution in [-0.4, -0.2) is 63.1 Å². The number of amides is 2. The minimum atomic E-state index is -1.02. The first-order chi connectivity index (χ1) is 19.7. The number of rotatable bonds is 4. The van der Waals surface area contributed by atoms with Gasteiger partial charge in [0.25, 0.3) is 5.91 Å². The van der Waals surface area contributed by atoms with Crippen LogP contribution in [0.2, 0.25) is 0 Å². The zero-order valence-corrected chi connectivity index (χ0v) is 24.5. The van der Waals surface area contributed by atoms with Crippen LogP contribution in [0.15, 0.2) is 72.8 Å². The fourth-order valence-electron chi connectivity index (χ4n) is 7.17. The van der Waals surface area contributed by atoms with Crippen molar-refractivity contribution >= 4 is 35.2 Å². The molecule has 4 aliphatic rings. The first-order valence-electron chi connectivity index (χ1n) is 14.3. The lowest BCUT2D eigenvalue weighted by atomic mass is 9.74. The SMILES string of the molecule is Cc1ccc(C)c(N2CC=C[C@]34S[C@@]5(C)/C=C\CCCOC(=O)[C@H]5[C@H]3C(=O)N([C@H](CO)c3ccccc3)C4C2=O)c1. The number of esters is 1. The third-order valence-electron chi connectivity index (χ3n) is 9.04. The lowest BCUT2D eigenvalue weighted by molar-refractivity contribution is -0.154. The van der Waals surface area contributed by atoms with Crippen LogP contribution < -0.4 is 4.90 Å². The summed E-state index contributed by atoms with van der Waals surface area (Å²) in [6, 6.07) is 13.7. The van der Waals surface area contributed by atoms with Crippen molar-refractivity contribution in [3.63, 3.8) is 0 Å². The maximum Gasteiger partial charge on any atom is 0.311 e. The molecular weight excluding hydrogens is 536 g/mol. The van der Waals surface area contributed by atoms with Crippen LogP contribution in [0.3, 0.4) is 0 Å². The number of likely N-dealkylation sites (tertiary alicyclic amines) is 1. The molecule has 4 heterocycles. The Kier molecular flexibility index (Phi) is 7.10. The minimum absolute atomic E-state index is 0.214. The molecule has 2 saturated heterocycles. The minimum Gasteiger partial charge on any atom is -0.465 e. The third kappa shape index (κ3) is 4.34. The number of hydrogen-bond donors (Lipinski definition) is 1. The molecule has 2 aromatic carbocycles. The fraction of sp³-hybridized carbons (Fsp3) is 0.424. The first-order valence-corrected chi connectivity index (χ1v) is 15.1. The average Bonchev–Trinajstić information content (AvgIpc) is 3.31. The Morgan fingerprint density at radius 2 is 1.80 bits per heavy atom. The molecule has 1 N–H and O–H groups in total. The summed E-state index contributed by atoms with van der Waals surface area (Å²) in [5.41, 5.74) is 3.52. The van der Waals surface area contributed by atoms with Gasteiger partial charge in [-0.25, -0.2) is 0 Å². The molecular formula is C33H36N2O5S. The number of hydrogen-bond acceptors (Lipinski definition) is 6. The van der Waals surface area contributed by atoms with E-state index in [4.69, 9.17) is 4.74 Å². The van der Waals surface area contributed by atoms with E-state index in [0.717, 1.165) is 35.2 Å². The summed E-state index contributed by atoms with van der Waals surface area (Å²) < 4.78 is 3.96. The topological polar surface area (TPSA) is 87.2 Å². The number of ether oxygens (including phenoxy) is 1. The Labute approximate surface area is 245 Å². The molecule has 6 atom stereocenters. The second-order valence-electron chi connectivity index (χ2n) is 11.7. The van der Waals surface area contributed by atoms with Gasteiger partial charge >= 0.3 is 5.97 Å². The van der Waals surface area contributed by atoms with Gasteiger partial charge < -0.3 is 19.6 Å². The number of carbonyl (C=O) groups excluding carboxylic acids is 3. The van der Waals surface area contributed by atoms with Crippen LogP contribution in [0.25, 0.3) is 0 Å². The number of anilines is 1. The largest absolute Gasteiger partial charge is 0.465 e. The summed E-state index contributed by atoms with van der Waals surface area (Å²) in [7, 11) is 0. The highest BCUT2D eigenvalue weighted by Crippen LogP contribution is 2.66. The molecule has 0 saturated carbocycles. The summed E-state index contributed by atoms with van der Waals surface area (Å²) in [5.74, 6) is -2.52. The molecule has 2 amide bonds. The van der Waals surface area contributed by atoms with E-state index in [1.54, 1.807) is 9.80 Å². The second kappa shape index (κ2) is 10.5. The van der Waals surface area contributed by atoms with Crippen LogP contribution in [0, 0.1) is 25.7 Å². The Bertz CT molecular complexity index is 1440. The van der Waals surface area contributed by atoms with Gasteiger partial charge in [-0.1, -0.05) is 66.8 Å². The monoisotopic (exact) mass is 572 g/mol. The zero-order valence-electron chi connectivity index (χ0n) is 23.7. The second-order valence-corrected chi connectivity index (χ2v) is 13.5. The van der Waals surface area contributed by atoms with Gasteiger partial charge in [0.1, 0.15) is 6.04 Å². The summed E-state index contributed by atoms with van der Waals surface area (Å²) >= 11 is 1.52.